The number of benzene rings is 1. The van der Waals surface area contributed by atoms with E-state index in [1.807, 2.05) is 49.4 Å². The Morgan fingerprint density at radius 1 is 1.11 bits per heavy atom. The van der Waals surface area contributed by atoms with Crippen molar-refractivity contribution in [1.82, 2.24) is 19.7 Å². The Hall–Kier alpha value is -3.32. The molecule has 5 rings (SSSR count). The summed E-state index contributed by atoms with van der Waals surface area (Å²) >= 11 is 1.56. The molecule has 0 unspecified atom stereocenters. The summed E-state index contributed by atoms with van der Waals surface area (Å²) in [7, 11) is 0. The Bertz CT molecular complexity index is 1240. The maximum atomic E-state index is 12.7. The molecule has 0 saturated heterocycles. The first-order chi connectivity index (χ1) is 13.2. The van der Waals surface area contributed by atoms with Gasteiger partial charge in [0.1, 0.15) is 16.4 Å². The van der Waals surface area contributed by atoms with Crippen LogP contribution in [0.25, 0.3) is 43.7 Å². The van der Waals surface area contributed by atoms with Crippen molar-refractivity contribution in [3.8, 4) is 43.7 Å². The lowest BCUT2D eigenvalue weighted by Crippen LogP contribution is -2.26. The zero-order valence-corrected chi connectivity index (χ0v) is 15.3. The van der Waals surface area contributed by atoms with E-state index < -0.39 is 0 Å². The van der Waals surface area contributed by atoms with Gasteiger partial charge >= 0.3 is 0 Å². The van der Waals surface area contributed by atoms with Gasteiger partial charge < -0.3 is 5.73 Å². The molecule has 4 aromatic rings. The van der Waals surface area contributed by atoms with Crippen molar-refractivity contribution < 1.29 is 0 Å². The van der Waals surface area contributed by atoms with E-state index in [4.69, 9.17) is 10.7 Å². The van der Waals surface area contributed by atoms with Crippen molar-refractivity contribution in [2.24, 2.45) is 0 Å². The second kappa shape index (κ2) is 5.85. The van der Waals surface area contributed by atoms with Gasteiger partial charge in [-0.1, -0.05) is 30.3 Å². The minimum absolute atomic E-state index is 0.173. The molecule has 2 N–H and O–H groups in total. The van der Waals surface area contributed by atoms with Crippen LogP contribution in [0.1, 0.15) is 6.92 Å². The normalized spacial score (nSPS) is 11.6. The average Bonchev–Trinajstić information content (AvgIpc) is 3.11. The first-order valence-electron chi connectivity index (χ1n) is 8.61. The number of aryl methyl sites for hydroxylation is 1. The fourth-order valence-electron chi connectivity index (χ4n) is 3.33. The van der Waals surface area contributed by atoms with Gasteiger partial charge in [-0.05, 0) is 24.6 Å². The number of nitrogens with zero attached hydrogens (tertiary/aromatic N) is 4. The summed E-state index contributed by atoms with van der Waals surface area (Å²) in [5.74, 6) is 0. The Balaban J connectivity index is 1.86. The van der Waals surface area contributed by atoms with Gasteiger partial charge in [-0.2, -0.15) is 5.10 Å². The Kier molecular flexibility index (Phi) is 3.45. The first-order valence-corrected chi connectivity index (χ1v) is 9.43. The summed E-state index contributed by atoms with van der Waals surface area (Å²) in [6, 6.07) is 13.7. The van der Waals surface area contributed by atoms with Crippen molar-refractivity contribution in [1.29, 1.82) is 0 Å². The molecule has 0 radical (unpaired) electrons. The Labute approximate surface area is 159 Å². The van der Waals surface area contributed by atoms with Crippen molar-refractivity contribution in [2.75, 3.05) is 5.73 Å². The molecule has 3 aromatic heterocycles. The predicted octanol–water partition coefficient (Wildman–Crippen LogP) is 3.68. The molecule has 132 valence electrons. The summed E-state index contributed by atoms with van der Waals surface area (Å²) in [4.78, 5) is 22.9. The molecule has 1 aliphatic heterocycles. The molecule has 0 fully saturated rings. The highest BCUT2D eigenvalue weighted by molar-refractivity contribution is 7.19. The molecule has 27 heavy (non-hydrogen) atoms. The molecular weight excluding hydrogens is 358 g/mol. The Morgan fingerprint density at radius 3 is 2.70 bits per heavy atom. The molecule has 6 nitrogen and oxygen atoms in total. The highest BCUT2D eigenvalue weighted by atomic mass is 32.1. The number of nitrogens with two attached hydrogens (primary N) is 1. The number of aromatic nitrogens is 4. The predicted molar refractivity (Wildman–Crippen MR) is 107 cm³/mol. The number of thiazole rings is 1. The number of pyridine rings is 1. The molecule has 0 spiro atoms. The summed E-state index contributed by atoms with van der Waals surface area (Å²) in [5, 5.41) is 5.44. The second-order valence-corrected chi connectivity index (χ2v) is 7.25. The molecule has 1 aromatic carbocycles. The van der Waals surface area contributed by atoms with Crippen LogP contribution in [0.2, 0.25) is 0 Å². The van der Waals surface area contributed by atoms with Gasteiger partial charge in [-0.15, -0.1) is 11.3 Å². The second-order valence-electron chi connectivity index (χ2n) is 6.25. The molecule has 0 amide bonds. The van der Waals surface area contributed by atoms with Crippen LogP contribution in [0.15, 0.2) is 53.5 Å². The van der Waals surface area contributed by atoms with Gasteiger partial charge in [0, 0.05) is 18.3 Å². The largest absolute Gasteiger partial charge is 0.394 e. The molecule has 4 bridgehead atoms. The van der Waals surface area contributed by atoms with Crippen LogP contribution >= 0.6 is 11.3 Å². The lowest BCUT2D eigenvalue weighted by atomic mass is 10.0. The van der Waals surface area contributed by atoms with Gasteiger partial charge in [0.15, 0.2) is 0 Å². The highest BCUT2D eigenvalue weighted by Gasteiger charge is 2.27. The highest BCUT2D eigenvalue weighted by Crippen LogP contribution is 2.47. The van der Waals surface area contributed by atoms with E-state index in [2.05, 4.69) is 10.1 Å². The van der Waals surface area contributed by atoms with Gasteiger partial charge in [0.2, 0.25) is 0 Å². The molecule has 0 atom stereocenters. The van der Waals surface area contributed by atoms with E-state index in [-0.39, 0.29) is 11.2 Å². The lowest BCUT2D eigenvalue weighted by Gasteiger charge is -2.14. The van der Waals surface area contributed by atoms with Crippen LogP contribution in [-0.4, -0.2) is 19.7 Å². The fourth-order valence-corrected chi connectivity index (χ4v) is 4.36. The summed E-state index contributed by atoms with van der Waals surface area (Å²) in [6.07, 6.45) is 1.78. The van der Waals surface area contributed by atoms with Gasteiger partial charge in [-0.3, -0.25) is 9.78 Å². The van der Waals surface area contributed by atoms with Crippen molar-refractivity contribution in [2.45, 2.75) is 13.5 Å². The van der Waals surface area contributed by atoms with Crippen LogP contribution in [0.5, 0.6) is 0 Å². The van der Waals surface area contributed by atoms with Crippen molar-refractivity contribution >= 4 is 17.0 Å². The van der Waals surface area contributed by atoms with E-state index in [0.717, 1.165) is 26.7 Å². The standard InChI is InChI=1S/C20H15N5OS/c1-2-25-20(26)15(21)14(16(24-25)11-6-4-3-5-7-11)17-18-12-8-9-22-13(10-12)19(23-17)27-18/h3-10H,2,21H2,1H3. The fraction of sp³-hybridized carbons (Fsp3) is 0.100. The topological polar surface area (TPSA) is 86.7 Å². The van der Waals surface area contributed by atoms with Crippen LogP contribution in [0.3, 0.4) is 0 Å². The Morgan fingerprint density at radius 2 is 1.93 bits per heavy atom. The van der Waals surface area contributed by atoms with E-state index in [0.29, 0.717) is 23.5 Å². The average molecular weight is 373 g/mol. The smallest absolute Gasteiger partial charge is 0.290 e. The zero-order valence-electron chi connectivity index (χ0n) is 14.5. The van der Waals surface area contributed by atoms with Crippen molar-refractivity contribution in [3.63, 3.8) is 0 Å². The molecule has 0 saturated carbocycles. The monoisotopic (exact) mass is 373 g/mol. The first kappa shape index (κ1) is 15.9. The van der Waals surface area contributed by atoms with Gasteiger partial charge in [-0.25, -0.2) is 9.67 Å². The molecule has 7 heteroatoms. The van der Waals surface area contributed by atoms with E-state index in [1.165, 1.54) is 4.68 Å². The van der Waals surface area contributed by atoms with Gasteiger partial charge in [0.05, 0.1) is 21.8 Å². The van der Waals surface area contributed by atoms with E-state index in [9.17, 15) is 4.79 Å². The van der Waals surface area contributed by atoms with Crippen LogP contribution in [0.4, 0.5) is 5.69 Å². The number of hydrogen-bond acceptors (Lipinski definition) is 6. The number of hydrogen-bond donors (Lipinski definition) is 1. The third-order valence-corrected chi connectivity index (χ3v) is 5.77. The summed E-state index contributed by atoms with van der Waals surface area (Å²) in [5.41, 5.74) is 10.9. The third-order valence-electron chi connectivity index (χ3n) is 4.64. The van der Waals surface area contributed by atoms with Crippen LogP contribution < -0.4 is 11.3 Å². The molecule has 4 heterocycles. The maximum Gasteiger partial charge on any atom is 0.290 e. The summed E-state index contributed by atoms with van der Waals surface area (Å²) in [6.45, 7) is 2.32. The quantitative estimate of drug-likeness (QED) is 0.521. The summed E-state index contributed by atoms with van der Waals surface area (Å²) < 4.78 is 1.40. The number of fused-ring (bicyclic) bond motifs is 6. The van der Waals surface area contributed by atoms with E-state index in [1.54, 1.807) is 17.5 Å². The van der Waals surface area contributed by atoms with Gasteiger partial charge in [0.25, 0.3) is 5.56 Å². The third kappa shape index (κ3) is 2.32. The minimum atomic E-state index is -0.295. The van der Waals surface area contributed by atoms with E-state index >= 15 is 0 Å². The number of rotatable bonds is 3. The molecule has 0 aliphatic carbocycles. The molecular formula is C20H15N5OS. The SMILES string of the molecule is CCn1nc(-c2ccccc2)c(-c2nc3sc2-c2ccnc-3c2)c(N)c1=O. The number of anilines is 1. The lowest BCUT2D eigenvalue weighted by molar-refractivity contribution is 0.622. The zero-order chi connectivity index (χ0) is 18.5. The van der Waals surface area contributed by atoms with Crippen molar-refractivity contribution in [3.05, 3.63) is 59.0 Å². The number of nitrogen functional groups attached to an aromatic ring is 1. The van der Waals surface area contributed by atoms with Crippen LogP contribution in [-0.2, 0) is 6.54 Å². The minimum Gasteiger partial charge on any atom is -0.394 e. The maximum absolute atomic E-state index is 12.7. The molecule has 1 aliphatic rings. The van der Waals surface area contributed by atoms with Crippen LogP contribution in [0, 0.1) is 0 Å².